The number of carboxylic acids is 2. The molecule has 0 spiro atoms. The van der Waals surface area contributed by atoms with Crippen LogP contribution in [0.4, 0.5) is 0 Å². The van der Waals surface area contributed by atoms with Crippen LogP contribution in [0.5, 0.6) is 0 Å². The second-order valence-corrected chi connectivity index (χ2v) is 17.0. The molecular weight excluding hydrogens is 580 g/mol. The first-order valence-electron chi connectivity index (χ1n) is 17.0. The summed E-state index contributed by atoms with van der Waals surface area (Å²) >= 11 is 0. The van der Waals surface area contributed by atoms with E-state index >= 15 is 0 Å². The van der Waals surface area contributed by atoms with Gasteiger partial charge in [0.25, 0.3) is 0 Å². The number of fused-ring (bicyclic) bond motifs is 7. The summed E-state index contributed by atoms with van der Waals surface area (Å²) in [7, 11) is 0. The zero-order valence-corrected chi connectivity index (χ0v) is 27.5. The van der Waals surface area contributed by atoms with E-state index in [0.717, 1.165) is 37.7 Å². The van der Waals surface area contributed by atoms with Crippen molar-refractivity contribution < 1.29 is 49.7 Å². The highest BCUT2D eigenvalue weighted by Crippen LogP contribution is 2.76. The molecule has 254 valence electrons. The highest BCUT2D eigenvalue weighted by Gasteiger charge is 2.70. The number of aliphatic carboxylic acids is 2. The van der Waals surface area contributed by atoms with Gasteiger partial charge in [-0.05, 0) is 105 Å². The lowest BCUT2D eigenvalue weighted by Crippen LogP contribution is -2.66. The first-order valence-corrected chi connectivity index (χ1v) is 17.0. The molecule has 6 N–H and O–H groups in total. The van der Waals surface area contributed by atoms with Crippen molar-refractivity contribution in [3.8, 4) is 0 Å². The van der Waals surface area contributed by atoms with Crippen molar-refractivity contribution in [3.05, 3.63) is 11.6 Å². The third-order valence-corrected chi connectivity index (χ3v) is 15.2. The van der Waals surface area contributed by atoms with Crippen LogP contribution < -0.4 is 0 Å². The molecule has 10 nitrogen and oxygen atoms in total. The molecule has 0 unspecified atom stereocenters. The smallest absolute Gasteiger partial charge is 0.310 e. The molecule has 0 aromatic carbocycles. The standard InChI is InChI=1S/C35H54O10/c1-30(28(40)41)12-14-35(29(42)43)15-13-33(4)19(20(35)16-30)6-7-23-31(2)10-9-24(45-27-26(39)25(38)21(37)17-44-27)32(3,18-36)22(31)8-11-34(23,33)5/h6,20-27,36-39H,7-18H2,1-5H3,(H,40,41)(H,42,43)/t20-,21+,22+,23+,24-,25-,26+,27-,30-,31-,32-,33+,34+,35-/m0/s1. The summed E-state index contributed by atoms with van der Waals surface area (Å²) < 4.78 is 11.9. The lowest BCUT2D eigenvalue weighted by Gasteiger charge is -2.71. The third-order valence-electron chi connectivity index (χ3n) is 15.2. The zero-order valence-electron chi connectivity index (χ0n) is 27.5. The fourth-order valence-electron chi connectivity index (χ4n) is 11.9. The van der Waals surface area contributed by atoms with Crippen LogP contribution in [0.3, 0.4) is 0 Å². The first kappa shape index (κ1) is 33.3. The van der Waals surface area contributed by atoms with E-state index in [9.17, 15) is 40.2 Å². The van der Waals surface area contributed by atoms with Crippen LogP contribution in [-0.2, 0) is 19.1 Å². The van der Waals surface area contributed by atoms with Gasteiger partial charge in [-0.15, -0.1) is 0 Å². The van der Waals surface area contributed by atoms with Crippen molar-refractivity contribution >= 4 is 11.9 Å². The maximum Gasteiger partial charge on any atom is 0.310 e. The Hall–Kier alpha value is -1.56. The monoisotopic (exact) mass is 634 g/mol. The minimum Gasteiger partial charge on any atom is -0.481 e. The minimum atomic E-state index is -1.39. The molecular formula is C35H54O10. The van der Waals surface area contributed by atoms with Gasteiger partial charge in [-0.2, -0.15) is 0 Å². The number of carbonyl (C=O) groups is 2. The quantitative estimate of drug-likeness (QED) is 0.193. The summed E-state index contributed by atoms with van der Waals surface area (Å²) in [4.78, 5) is 25.3. The van der Waals surface area contributed by atoms with E-state index in [1.807, 2.05) is 0 Å². The molecule has 4 saturated carbocycles. The van der Waals surface area contributed by atoms with Gasteiger partial charge in [-0.1, -0.05) is 39.3 Å². The summed E-state index contributed by atoms with van der Waals surface area (Å²) in [5.74, 6) is -1.58. The van der Waals surface area contributed by atoms with E-state index in [1.54, 1.807) is 6.92 Å². The Morgan fingerprint density at radius 1 is 0.889 bits per heavy atom. The Morgan fingerprint density at radius 2 is 1.58 bits per heavy atom. The average Bonchev–Trinajstić information content (AvgIpc) is 2.98. The van der Waals surface area contributed by atoms with E-state index in [-0.39, 0.29) is 47.2 Å². The molecule has 1 heterocycles. The van der Waals surface area contributed by atoms with Gasteiger partial charge in [0.15, 0.2) is 6.29 Å². The van der Waals surface area contributed by atoms with Gasteiger partial charge in [-0.3, -0.25) is 9.59 Å². The molecule has 0 aromatic heterocycles. The summed E-state index contributed by atoms with van der Waals surface area (Å²) in [5, 5.41) is 62.5. The summed E-state index contributed by atoms with van der Waals surface area (Å²) in [6.07, 6.45) is 3.24. The predicted octanol–water partition coefficient (Wildman–Crippen LogP) is 3.73. The number of hydrogen-bond acceptors (Lipinski definition) is 8. The van der Waals surface area contributed by atoms with E-state index in [2.05, 4.69) is 33.8 Å². The molecule has 0 aromatic rings. The molecule has 5 aliphatic carbocycles. The van der Waals surface area contributed by atoms with Gasteiger partial charge in [0.05, 0.1) is 30.1 Å². The Labute approximate surface area is 266 Å². The summed E-state index contributed by atoms with van der Waals surface area (Å²) in [6.45, 7) is 10.6. The van der Waals surface area contributed by atoms with Gasteiger partial charge in [0, 0.05) is 5.41 Å². The normalized spacial score (nSPS) is 54.5. The second kappa shape index (κ2) is 10.7. The predicted molar refractivity (Wildman–Crippen MR) is 163 cm³/mol. The lowest BCUT2D eigenvalue weighted by molar-refractivity contribution is -0.312. The highest BCUT2D eigenvalue weighted by molar-refractivity contribution is 5.79. The molecule has 14 atom stereocenters. The van der Waals surface area contributed by atoms with Crippen LogP contribution in [0.2, 0.25) is 0 Å². The van der Waals surface area contributed by atoms with Crippen molar-refractivity contribution in [1.82, 2.24) is 0 Å². The molecule has 1 aliphatic heterocycles. The van der Waals surface area contributed by atoms with Gasteiger partial charge in [0.2, 0.25) is 0 Å². The number of carboxylic acid groups (broad SMARTS) is 2. The fraction of sp³-hybridized carbons (Fsp3) is 0.886. The molecule has 45 heavy (non-hydrogen) atoms. The van der Waals surface area contributed by atoms with E-state index in [4.69, 9.17) is 9.47 Å². The summed E-state index contributed by atoms with van der Waals surface area (Å²) in [6, 6.07) is 0. The largest absolute Gasteiger partial charge is 0.481 e. The molecule has 1 saturated heterocycles. The summed E-state index contributed by atoms with van der Waals surface area (Å²) in [5.41, 5.74) is -1.92. The van der Waals surface area contributed by atoms with E-state index < -0.39 is 58.9 Å². The van der Waals surface area contributed by atoms with Crippen LogP contribution in [0, 0.1) is 50.2 Å². The number of aliphatic hydroxyl groups is 4. The lowest BCUT2D eigenvalue weighted by atomic mass is 9.33. The Morgan fingerprint density at radius 3 is 2.22 bits per heavy atom. The van der Waals surface area contributed by atoms with Gasteiger partial charge in [-0.25, -0.2) is 0 Å². The van der Waals surface area contributed by atoms with Crippen LogP contribution in [0.1, 0.15) is 98.8 Å². The maximum atomic E-state index is 12.9. The Kier molecular flexibility index (Phi) is 7.95. The number of rotatable bonds is 5. The molecule has 6 aliphatic rings. The second-order valence-electron chi connectivity index (χ2n) is 17.0. The Balaban J connectivity index is 1.33. The molecule has 5 fully saturated rings. The van der Waals surface area contributed by atoms with E-state index in [1.165, 1.54) is 0 Å². The number of aliphatic hydroxyl groups excluding tert-OH is 4. The molecule has 6 rings (SSSR count). The fourth-order valence-corrected chi connectivity index (χ4v) is 11.9. The van der Waals surface area contributed by atoms with Crippen molar-refractivity contribution in [2.24, 2.45) is 50.2 Å². The average molecular weight is 635 g/mol. The van der Waals surface area contributed by atoms with E-state index in [0.29, 0.717) is 32.1 Å². The molecule has 0 radical (unpaired) electrons. The molecule has 10 heteroatoms. The zero-order chi connectivity index (χ0) is 33.0. The SMILES string of the molecule is C[C@]1(C(=O)O)CC[C@]2(C(=O)O)CC[C@]3(C)C(=CC[C@@H]4[C@@]5(C)CC[C@H](O[C@@H]6OC[C@@H](O)[C@H](O)[C@H]6O)[C@@](C)(CO)[C@@H]5CC[C@]43C)[C@@H]2C1. The van der Waals surface area contributed by atoms with Gasteiger partial charge >= 0.3 is 11.9 Å². The van der Waals surface area contributed by atoms with Crippen molar-refractivity contribution in [1.29, 1.82) is 0 Å². The minimum absolute atomic E-state index is 0.105. The topological polar surface area (TPSA) is 174 Å². The van der Waals surface area contributed by atoms with Crippen LogP contribution >= 0.6 is 0 Å². The molecule has 0 bridgehead atoms. The Bertz CT molecular complexity index is 1250. The number of allylic oxidation sites excluding steroid dienone is 2. The van der Waals surface area contributed by atoms with Crippen molar-refractivity contribution in [2.45, 2.75) is 130 Å². The van der Waals surface area contributed by atoms with Crippen molar-refractivity contribution in [2.75, 3.05) is 13.2 Å². The highest BCUT2D eigenvalue weighted by atomic mass is 16.7. The van der Waals surface area contributed by atoms with Crippen LogP contribution in [0.25, 0.3) is 0 Å². The maximum absolute atomic E-state index is 12.9. The van der Waals surface area contributed by atoms with Gasteiger partial charge < -0.3 is 40.1 Å². The first-order chi connectivity index (χ1) is 20.9. The third kappa shape index (κ3) is 4.41. The van der Waals surface area contributed by atoms with Crippen molar-refractivity contribution in [3.63, 3.8) is 0 Å². The van der Waals surface area contributed by atoms with Gasteiger partial charge in [0.1, 0.15) is 18.3 Å². The number of hydrogen-bond donors (Lipinski definition) is 6. The number of ether oxygens (including phenoxy) is 2. The van der Waals surface area contributed by atoms with Crippen LogP contribution in [0.15, 0.2) is 11.6 Å². The van der Waals surface area contributed by atoms with Crippen LogP contribution in [-0.4, -0.2) is 86.5 Å². The molecule has 0 amide bonds.